The number of allylic oxidation sites excluding steroid dienone is 1. The largest absolute Gasteiger partial charge is 0.385 e. The van der Waals surface area contributed by atoms with Gasteiger partial charge < -0.3 is 5.32 Å². The van der Waals surface area contributed by atoms with Gasteiger partial charge in [0.2, 0.25) is 0 Å². The van der Waals surface area contributed by atoms with Gasteiger partial charge in [-0.2, -0.15) is 0 Å². The van der Waals surface area contributed by atoms with Gasteiger partial charge in [-0.1, -0.05) is 52.7 Å². The lowest BCUT2D eigenvalue weighted by molar-refractivity contribution is 0.709. The monoisotopic (exact) mass is 317 g/mol. The van der Waals surface area contributed by atoms with E-state index in [1.54, 1.807) is 0 Å². The third kappa shape index (κ3) is 3.84. The molecule has 0 aliphatic carbocycles. The lowest BCUT2D eigenvalue weighted by atomic mass is 10.1. The Bertz CT molecular complexity index is 548. The zero-order chi connectivity index (χ0) is 13.5. The molecular weight excluding hydrogens is 298 g/mol. The van der Waals surface area contributed by atoms with Gasteiger partial charge in [-0.05, 0) is 36.8 Å². The third-order valence-corrected chi connectivity index (χ3v) is 3.96. The van der Waals surface area contributed by atoms with E-state index in [4.69, 9.17) is 0 Å². The molecule has 0 aliphatic rings. The number of fused-ring (bicyclic) bond motifs is 1. The molecule has 0 heterocycles. The smallest absolute Gasteiger partial charge is 0.0420 e. The highest BCUT2D eigenvalue weighted by atomic mass is 79.9. The molecule has 0 saturated carbocycles. The average Bonchev–Trinajstić information content (AvgIpc) is 2.45. The summed E-state index contributed by atoms with van der Waals surface area (Å²) in [6.07, 6.45) is 6.83. The SMILES string of the molecule is C=CCCCCCNc1ccc(Br)c2ccccc12. The Kier molecular flexibility index (Phi) is 5.46. The molecule has 1 nitrogen and oxygen atoms in total. The van der Waals surface area contributed by atoms with E-state index in [0.717, 1.165) is 17.4 Å². The quantitative estimate of drug-likeness (QED) is 0.505. The molecule has 1 N–H and O–H groups in total. The summed E-state index contributed by atoms with van der Waals surface area (Å²) in [6.45, 7) is 4.78. The molecule has 0 aromatic heterocycles. The number of hydrogen-bond donors (Lipinski definition) is 1. The number of benzene rings is 2. The molecule has 100 valence electrons. The second kappa shape index (κ2) is 7.34. The minimum Gasteiger partial charge on any atom is -0.385 e. The zero-order valence-electron chi connectivity index (χ0n) is 11.2. The average molecular weight is 318 g/mol. The van der Waals surface area contributed by atoms with E-state index < -0.39 is 0 Å². The van der Waals surface area contributed by atoms with Crippen LogP contribution < -0.4 is 5.32 Å². The minimum atomic E-state index is 1.03. The van der Waals surface area contributed by atoms with Gasteiger partial charge in [0.05, 0.1) is 0 Å². The predicted octanol–water partition coefficient (Wildman–Crippen LogP) is 5.76. The zero-order valence-corrected chi connectivity index (χ0v) is 12.7. The molecule has 0 atom stereocenters. The van der Waals surface area contributed by atoms with Crippen LogP contribution in [0.15, 0.2) is 53.5 Å². The maximum Gasteiger partial charge on any atom is 0.0420 e. The molecule has 2 rings (SSSR count). The van der Waals surface area contributed by atoms with E-state index in [2.05, 4.69) is 64.2 Å². The highest BCUT2D eigenvalue weighted by Gasteiger charge is 2.02. The van der Waals surface area contributed by atoms with Crippen molar-refractivity contribution in [3.63, 3.8) is 0 Å². The van der Waals surface area contributed by atoms with Crippen LogP contribution in [0.4, 0.5) is 5.69 Å². The first-order chi connectivity index (χ1) is 9.33. The summed E-state index contributed by atoms with van der Waals surface area (Å²) in [6, 6.07) is 12.7. The number of nitrogens with one attached hydrogen (secondary N) is 1. The molecule has 0 saturated heterocycles. The Balaban J connectivity index is 1.97. The van der Waals surface area contributed by atoms with E-state index in [9.17, 15) is 0 Å². The molecule has 2 aromatic rings. The highest BCUT2D eigenvalue weighted by molar-refractivity contribution is 9.10. The molecule has 2 heteroatoms. The van der Waals surface area contributed by atoms with Crippen LogP contribution in [-0.4, -0.2) is 6.54 Å². The molecule has 0 radical (unpaired) electrons. The van der Waals surface area contributed by atoms with Crippen molar-refractivity contribution in [3.8, 4) is 0 Å². The van der Waals surface area contributed by atoms with Crippen LogP contribution in [0.2, 0.25) is 0 Å². The van der Waals surface area contributed by atoms with Gasteiger partial charge >= 0.3 is 0 Å². The van der Waals surface area contributed by atoms with Crippen molar-refractivity contribution in [2.24, 2.45) is 0 Å². The number of hydrogen-bond acceptors (Lipinski definition) is 1. The number of anilines is 1. The van der Waals surface area contributed by atoms with Crippen LogP contribution in [0.1, 0.15) is 25.7 Å². The van der Waals surface area contributed by atoms with E-state index in [1.165, 1.54) is 35.7 Å². The summed E-state index contributed by atoms with van der Waals surface area (Å²) in [4.78, 5) is 0. The number of halogens is 1. The van der Waals surface area contributed by atoms with Gasteiger partial charge in [-0.3, -0.25) is 0 Å². The van der Waals surface area contributed by atoms with E-state index in [-0.39, 0.29) is 0 Å². The molecule has 0 fully saturated rings. The molecule has 0 amide bonds. The van der Waals surface area contributed by atoms with Gasteiger partial charge in [-0.15, -0.1) is 6.58 Å². The summed E-state index contributed by atoms with van der Waals surface area (Å²) in [5.41, 5.74) is 1.22. The van der Waals surface area contributed by atoms with Crippen molar-refractivity contribution in [1.82, 2.24) is 0 Å². The van der Waals surface area contributed by atoms with Crippen molar-refractivity contribution in [3.05, 3.63) is 53.5 Å². The van der Waals surface area contributed by atoms with Crippen molar-refractivity contribution >= 4 is 32.4 Å². The van der Waals surface area contributed by atoms with Crippen LogP contribution >= 0.6 is 15.9 Å². The van der Waals surface area contributed by atoms with Gasteiger partial charge in [-0.25, -0.2) is 0 Å². The van der Waals surface area contributed by atoms with Crippen LogP contribution in [0.25, 0.3) is 10.8 Å². The van der Waals surface area contributed by atoms with Crippen LogP contribution in [0.3, 0.4) is 0 Å². The fourth-order valence-electron chi connectivity index (χ4n) is 2.23. The van der Waals surface area contributed by atoms with Gasteiger partial charge in [0.15, 0.2) is 0 Å². The third-order valence-electron chi connectivity index (χ3n) is 3.27. The molecule has 0 unspecified atom stereocenters. The second-order valence-corrected chi connectivity index (χ2v) is 5.56. The summed E-state index contributed by atoms with van der Waals surface area (Å²) < 4.78 is 1.15. The fraction of sp³-hybridized carbons (Fsp3) is 0.294. The fourth-order valence-corrected chi connectivity index (χ4v) is 2.71. The van der Waals surface area contributed by atoms with Crippen LogP contribution in [0.5, 0.6) is 0 Å². The lowest BCUT2D eigenvalue weighted by Crippen LogP contribution is -2.01. The molecule has 2 aromatic carbocycles. The van der Waals surface area contributed by atoms with E-state index in [1.807, 2.05) is 6.08 Å². The minimum absolute atomic E-state index is 1.03. The van der Waals surface area contributed by atoms with Crippen molar-refractivity contribution in [2.75, 3.05) is 11.9 Å². The predicted molar refractivity (Wildman–Crippen MR) is 88.8 cm³/mol. The molecule has 19 heavy (non-hydrogen) atoms. The molecular formula is C17H20BrN. The maximum atomic E-state index is 3.75. The van der Waals surface area contributed by atoms with Gasteiger partial charge in [0, 0.05) is 22.1 Å². The molecule has 0 spiro atoms. The van der Waals surface area contributed by atoms with Gasteiger partial charge in [0.25, 0.3) is 0 Å². The maximum absolute atomic E-state index is 3.75. The Morgan fingerprint density at radius 3 is 2.58 bits per heavy atom. The topological polar surface area (TPSA) is 12.0 Å². The Morgan fingerprint density at radius 2 is 1.79 bits per heavy atom. The summed E-state index contributed by atoms with van der Waals surface area (Å²) in [7, 11) is 0. The number of rotatable bonds is 7. The van der Waals surface area contributed by atoms with Crippen molar-refractivity contribution in [1.29, 1.82) is 0 Å². The van der Waals surface area contributed by atoms with Crippen molar-refractivity contribution in [2.45, 2.75) is 25.7 Å². The number of unbranched alkanes of at least 4 members (excludes halogenated alkanes) is 3. The van der Waals surface area contributed by atoms with Gasteiger partial charge in [0.1, 0.15) is 0 Å². The molecule has 0 aliphatic heterocycles. The van der Waals surface area contributed by atoms with Crippen LogP contribution in [0, 0.1) is 0 Å². The normalized spacial score (nSPS) is 10.6. The first-order valence-corrected chi connectivity index (χ1v) is 7.64. The molecule has 0 bridgehead atoms. The Morgan fingerprint density at radius 1 is 1.00 bits per heavy atom. The Hall–Kier alpha value is -1.28. The van der Waals surface area contributed by atoms with E-state index in [0.29, 0.717) is 0 Å². The highest BCUT2D eigenvalue weighted by Crippen LogP contribution is 2.29. The Labute approximate surface area is 123 Å². The summed E-state index contributed by atoms with van der Waals surface area (Å²) >= 11 is 3.60. The van der Waals surface area contributed by atoms with E-state index >= 15 is 0 Å². The van der Waals surface area contributed by atoms with Crippen LogP contribution in [-0.2, 0) is 0 Å². The first-order valence-electron chi connectivity index (χ1n) is 6.85. The summed E-state index contributed by atoms with van der Waals surface area (Å²) in [5.74, 6) is 0. The second-order valence-electron chi connectivity index (χ2n) is 4.71. The first kappa shape index (κ1) is 14.1. The summed E-state index contributed by atoms with van der Waals surface area (Å²) in [5, 5.41) is 6.09. The lowest BCUT2D eigenvalue weighted by Gasteiger charge is -2.10. The standard InChI is InChI=1S/C17H20BrN/c1-2-3-4-5-8-13-19-17-12-11-16(18)14-9-6-7-10-15(14)17/h2,6-7,9-12,19H,1,3-5,8,13H2. The van der Waals surface area contributed by atoms with Crippen molar-refractivity contribution < 1.29 is 0 Å².